The average Bonchev–Trinajstić information content (AvgIpc) is 2.39. The van der Waals surface area contributed by atoms with Gasteiger partial charge in [0.15, 0.2) is 0 Å². The van der Waals surface area contributed by atoms with Gasteiger partial charge in [-0.05, 0) is 32.1 Å². The van der Waals surface area contributed by atoms with Gasteiger partial charge in [-0.25, -0.2) is 0 Å². The minimum atomic E-state index is -0.329. The average molecular weight is 239 g/mol. The van der Waals surface area contributed by atoms with Crippen LogP contribution in [0.5, 0.6) is 0 Å². The van der Waals surface area contributed by atoms with Crippen LogP contribution in [0, 0.1) is 5.92 Å². The van der Waals surface area contributed by atoms with Crippen molar-refractivity contribution >= 4 is 0 Å². The van der Waals surface area contributed by atoms with Crippen LogP contribution in [0.1, 0.15) is 44.9 Å². The molecule has 0 bridgehead atoms. The molecule has 17 heavy (non-hydrogen) atoms. The zero-order valence-electron chi connectivity index (χ0n) is 10.7. The Bertz CT molecular complexity index is 265. The highest BCUT2D eigenvalue weighted by Crippen LogP contribution is 2.40. The van der Waals surface area contributed by atoms with Gasteiger partial charge in [0.25, 0.3) is 0 Å². The molecule has 3 fully saturated rings. The molecule has 0 aromatic rings. The maximum absolute atomic E-state index is 10.6. The quantitative estimate of drug-likeness (QED) is 0.757. The molecule has 1 saturated carbocycles. The van der Waals surface area contributed by atoms with E-state index in [1.165, 1.54) is 32.1 Å². The number of fused-ring (bicyclic) bond motifs is 1. The van der Waals surface area contributed by atoms with E-state index in [1.54, 1.807) is 0 Å². The molecule has 1 aliphatic carbocycles. The number of hydrogen-bond donors (Lipinski definition) is 1. The van der Waals surface area contributed by atoms with Gasteiger partial charge in [0.1, 0.15) is 0 Å². The van der Waals surface area contributed by atoms with Crippen molar-refractivity contribution < 1.29 is 9.84 Å². The molecule has 2 saturated heterocycles. The Balaban J connectivity index is 1.62. The Morgan fingerprint density at radius 3 is 2.88 bits per heavy atom. The third kappa shape index (κ3) is 2.38. The predicted octanol–water partition coefficient (Wildman–Crippen LogP) is 1.79. The van der Waals surface area contributed by atoms with E-state index in [-0.39, 0.29) is 5.60 Å². The number of piperidine rings is 1. The van der Waals surface area contributed by atoms with Crippen molar-refractivity contribution in [3.63, 3.8) is 0 Å². The molecular weight excluding hydrogens is 214 g/mol. The summed E-state index contributed by atoms with van der Waals surface area (Å²) < 4.78 is 5.59. The second-order valence-corrected chi connectivity index (χ2v) is 6.16. The summed E-state index contributed by atoms with van der Waals surface area (Å²) in [6.07, 6.45) is 8.25. The molecule has 1 N–H and O–H groups in total. The number of hydrogen-bond acceptors (Lipinski definition) is 3. The van der Waals surface area contributed by atoms with Gasteiger partial charge in [-0.3, -0.25) is 4.90 Å². The zero-order valence-corrected chi connectivity index (χ0v) is 10.7. The predicted molar refractivity (Wildman–Crippen MR) is 66.9 cm³/mol. The molecular formula is C14H25NO2. The summed E-state index contributed by atoms with van der Waals surface area (Å²) in [5.74, 6) is 0.520. The lowest BCUT2D eigenvalue weighted by atomic mass is 9.71. The van der Waals surface area contributed by atoms with E-state index in [9.17, 15) is 5.11 Å². The fourth-order valence-electron chi connectivity index (χ4n) is 3.94. The van der Waals surface area contributed by atoms with Crippen LogP contribution in [0.25, 0.3) is 0 Å². The third-order valence-electron chi connectivity index (χ3n) is 5.11. The van der Waals surface area contributed by atoms with Crippen LogP contribution in [-0.2, 0) is 4.74 Å². The minimum absolute atomic E-state index is 0.329. The summed E-state index contributed by atoms with van der Waals surface area (Å²) in [7, 11) is 0. The van der Waals surface area contributed by atoms with Crippen LogP contribution < -0.4 is 0 Å². The molecule has 0 amide bonds. The van der Waals surface area contributed by atoms with Gasteiger partial charge in [-0.2, -0.15) is 0 Å². The van der Waals surface area contributed by atoms with Gasteiger partial charge in [0, 0.05) is 31.7 Å². The molecule has 3 heteroatoms. The maximum Gasteiger partial charge on any atom is 0.0700 e. The summed E-state index contributed by atoms with van der Waals surface area (Å²) in [6.45, 7) is 4.02. The maximum atomic E-state index is 10.6. The van der Waals surface area contributed by atoms with Crippen molar-refractivity contribution in [3.05, 3.63) is 0 Å². The van der Waals surface area contributed by atoms with Gasteiger partial charge in [-0.15, -0.1) is 0 Å². The third-order valence-corrected chi connectivity index (χ3v) is 5.11. The number of likely N-dealkylation sites (tertiary alicyclic amines) is 1. The molecule has 3 aliphatic rings. The lowest BCUT2D eigenvalue weighted by Crippen LogP contribution is -2.56. The highest BCUT2D eigenvalue weighted by atomic mass is 16.5. The summed E-state index contributed by atoms with van der Waals surface area (Å²) in [4.78, 5) is 2.59. The topological polar surface area (TPSA) is 32.7 Å². The van der Waals surface area contributed by atoms with Crippen LogP contribution in [0.4, 0.5) is 0 Å². The van der Waals surface area contributed by atoms with Crippen molar-refractivity contribution in [1.82, 2.24) is 4.90 Å². The smallest absolute Gasteiger partial charge is 0.0700 e. The van der Waals surface area contributed by atoms with E-state index in [4.69, 9.17) is 4.74 Å². The van der Waals surface area contributed by atoms with E-state index in [0.29, 0.717) is 12.0 Å². The van der Waals surface area contributed by atoms with Gasteiger partial charge < -0.3 is 9.84 Å². The molecule has 2 heterocycles. The SMILES string of the molecule is OC12CCCCC1CN(C1CCCOC1)CC2. The van der Waals surface area contributed by atoms with Gasteiger partial charge in [0.2, 0.25) is 0 Å². The fraction of sp³-hybridized carbons (Fsp3) is 1.00. The molecule has 98 valence electrons. The summed E-state index contributed by atoms with van der Waals surface area (Å²) in [5, 5.41) is 10.6. The molecule has 3 atom stereocenters. The van der Waals surface area contributed by atoms with Crippen molar-refractivity contribution in [3.8, 4) is 0 Å². The van der Waals surface area contributed by atoms with E-state index in [1.807, 2.05) is 0 Å². The largest absolute Gasteiger partial charge is 0.390 e. The molecule has 3 unspecified atom stereocenters. The van der Waals surface area contributed by atoms with E-state index in [0.717, 1.165) is 39.1 Å². The molecule has 0 spiro atoms. The van der Waals surface area contributed by atoms with Crippen molar-refractivity contribution in [2.24, 2.45) is 5.92 Å². The van der Waals surface area contributed by atoms with Crippen LogP contribution >= 0.6 is 0 Å². The van der Waals surface area contributed by atoms with Crippen molar-refractivity contribution in [2.75, 3.05) is 26.3 Å². The summed E-state index contributed by atoms with van der Waals surface area (Å²) in [5.41, 5.74) is -0.329. The first-order valence-corrected chi connectivity index (χ1v) is 7.32. The Morgan fingerprint density at radius 1 is 1.12 bits per heavy atom. The molecule has 0 aromatic heterocycles. The van der Waals surface area contributed by atoms with Crippen molar-refractivity contribution in [1.29, 1.82) is 0 Å². The lowest BCUT2D eigenvalue weighted by molar-refractivity contribution is -0.112. The second kappa shape index (κ2) is 4.87. The minimum Gasteiger partial charge on any atom is -0.390 e. The van der Waals surface area contributed by atoms with Gasteiger partial charge >= 0.3 is 0 Å². The van der Waals surface area contributed by atoms with E-state index >= 15 is 0 Å². The Kier molecular flexibility index (Phi) is 3.42. The number of nitrogens with zero attached hydrogens (tertiary/aromatic N) is 1. The highest BCUT2D eigenvalue weighted by molar-refractivity contribution is 4.97. The molecule has 3 nitrogen and oxygen atoms in total. The summed E-state index contributed by atoms with van der Waals surface area (Å²) >= 11 is 0. The monoisotopic (exact) mass is 239 g/mol. The van der Waals surface area contributed by atoms with Crippen LogP contribution in [0.15, 0.2) is 0 Å². The first kappa shape index (κ1) is 11.9. The molecule has 0 aromatic carbocycles. The zero-order chi connectivity index (χ0) is 11.7. The van der Waals surface area contributed by atoms with Crippen LogP contribution in [-0.4, -0.2) is 48.0 Å². The molecule has 3 rings (SSSR count). The first-order chi connectivity index (χ1) is 8.28. The summed E-state index contributed by atoms with van der Waals surface area (Å²) in [6, 6.07) is 0.621. The first-order valence-electron chi connectivity index (χ1n) is 7.32. The molecule has 2 aliphatic heterocycles. The van der Waals surface area contributed by atoms with Gasteiger partial charge in [0.05, 0.1) is 12.2 Å². The fourth-order valence-corrected chi connectivity index (χ4v) is 3.94. The Morgan fingerprint density at radius 2 is 2.06 bits per heavy atom. The Labute approximate surface area is 104 Å². The van der Waals surface area contributed by atoms with Crippen LogP contribution in [0.2, 0.25) is 0 Å². The second-order valence-electron chi connectivity index (χ2n) is 6.16. The normalized spacial score (nSPS) is 44.3. The number of aliphatic hydroxyl groups is 1. The van der Waals surface area contributed by atoms with Gasteiger partial charge in [-0.1, -0.05) is 12.8 Å². The van der Waals surface area contributed by atoms with Crippen molar-refractivity contribution in [2.45, 2.75) is 56.6 Å². The van der Waals surface area contributed by atoms with Crippen LogP contribution in [0.3, 0.4) is 0 Å². The highest BCUT2D eigenvalue weighted by Gasteiger charge is 2.43. The van der Waals surface area contributed by atoms with E-state index in [2.05, 4.69) is 4.90 Å². The van der Waals surface area contributed by atoms with E-state index < -0.39 is 0 Å². The standard InChI is InChI=1S/C14H25NO2/c16-14-6-2-1-4-12(14)10-15(8-7-14)13-5-3-9-17-11-13/h12-13,16H,1-11H2. The Hall–Kier alpha value is -0.120. The number of rotatable bonds is 1. The lowest BCUT2D eigenvalue weighted by Gasteiger charge is -2.49. The molecule has 0 radical (unpaired) electrons. The number of ether oxygens (including phenoxy) is 1.